The summed E-state index contributed by atoms with van der Waals surface area (Å²) in [7, 11) is 0. The number of amides is 3. The lowest BCUT2D eigenvalue weighted by molar-refractivity contribution is -0.142. The molecule has 6 aromatic carbocycles. The number of likely N-dealkylation sites (tertiary alicyclic amines) is 4. The molecule has 16 nitrogen and oxygen atoms in total. The van der Waals surface area contributed by atoms with Crippen molar-refractivity contribution in [3.05, 3.63) is 239 Å². The monoisotopic (exact) mass is 1180 g/mol. The predicted molar refractivity (Wildman–Crippen MR) is 336 cm³/mol. The van der Waals surface area contributed by atoms with Gasteiger partial charge in [0, 0.05) is 26.2 Å². The molecular weight excluding hydrogens is 1100 g/mol. The van der Waals surface area contributed by atoms with E-state index in [1.54, 1.807) is 6.92 Å². The second-order valence-electron chi connectivity index (χ2n) is 24.0. The van der Waals surface area contributed by atoms with E-state index in [0.29, 0.717) is 31.1 Å². The summed E-state index contributed by atoms with van der Waals surface area (Å²) in [6.45, 7) is 10.1. The Morgan fingerprint density at radius 3 is 1.10 bits per heavy atom. The van der Waals surface area contributed by atoms with Crippen molar-refractivity contribution in [3.8, 4) is 0 Å². The fourth-order valence-corrected chi connectivity index (χ4v) is 14.2. The zero-order valence-corrected chi connectivity index (χ0v) is 50.6. The van der Waals surface area contributed by atoms with Crippen LogP contribution in [0.1, 0.15) is 128 Å². The van der Waals surface area contributed by atoms with Crippen LogP contribution in [0.15, 0.2) is 191 Å². The molecule has 0 saturated carbocycles. The lowest BCUT2D eigenvalue weighted by Crippen LogP contribution is -2.50. The van der Waals surface area contributed by atoms with Gasteiger partial charge in [-0.05, 0) is 144 Å². The highest BCUT2D eigenvalue weighted by Crippen LogP contribution is 2.45. The number of carbonyl (C=O) groups excluding carboxylic acids is 4. The molecule has 88 heavy (non-hydrogen) atoms. The lowest BCUT2D eigenvalue weighted by atomic mass is 9.70. The number of benzene rings is 6. The number of esters is 1. The Balaban J connectivity index is 0.000000182. The quantitative estimate of drug-likeness (QED) is 0.0669. The van der Waals surface area contributed by atoms with Gasteiger partial charge in [-0.25, -0.2) is 0 Å². The van der Waals surface area contributed by atoms with E-state index >= 15 is 0 Å². The maximum absolute atomic E-state index is 14.6. The third-order valence-corrected chi connectivity index (χ3v) is 19.0. The van der Waals surface area contributed by atoms with Crippen LogP contribution in [0, 0.1) is 0 Å². The van der Waals surface area contributed by atoms with Crippen LogP contribution >= 0.6 is 0 Å². The van der Waals surface area contributed by atoms with Gasteiger partial charge >= 0.3 is 5.97 Å². The first-order valence-corrected chi connectivity index (χ1v) is 31.5. The number of hydrogen-bond donors (Lipinski definition) is 1. The highest BCUT2D eigenvalue weighted by atomic mass is 16.5. The third-order valence-electron chi connectivity index (χ3n) is 19.0. The summed E-state index contributed by atoms with van der Waals surface area (Å²) in [5, 5.41) is 8.73. The first-order valence-electron chi connectivity index (χ1n) is 31.5. The van der Waals surface area contributed by atoms with Gasteiger partial charge in [-0.15, -0.1) is 0 Å². The smallest absolute Gasteiger partial charge is 0.315 e. The Labute approximate surface area is 516 Å². The van der Waals surface area contributed by atoms with Crippen molar-refractivity contribution in [2.24, 2.45) is 5.73 Å². The predicted octanol–water partition coefficient (Wildman–Crippen LogP) is 10.0. The molecule has 0 atom stereocenters. The van der Waals surface area contributed by atoms with E-state index in [0.717, 1.165) is 150 Å². The molecule has 2 aromatic heterocycles. The van der Waals surface area contributed by atoms with E-state index in [1.807, 2.05) is 109 Å². The molecule has 0 radical (unpaired) electrons. The number of carbonyl (C=O) groups is 4. The van der Waals surface area contributed by atoms with E-state index in [4.69, 9.17) is 24.5 Å². The Morgan fingerprint density at radius 2 is 0.784 bits per heavy atom. The van der Waals surface area contributed by atoms with E-state index in [-0.39, 0.29) is 42.4 Å². The van der Waals surface area contributed by atoms with E-state index in [1.165, 1.54) is 0 Å². The third kappa shape index (κ3) is 13.0. The van der Waals surface area contributed by atoms with Crippen molar-refractivity contribution in [2.75, 3.05) is 72.1 Å². The van der Waals surface area contributed by atoms with Gasteiger partial charge < -0.3 is 39.1 Å². The first-order chi connectivity index (χ1) is 43.1. The van der Waals surface area contributed by atoms with Gasteiger partial charge in [0.25, 0.3) is 0 Å². The van der Waals surface area contributed by atoms with Gasteiger partial charge in [0.15, 0.2) is 11.6 Å². The van der Waals surface area contributed by atoms with Crippen LogP contribution in [-0.2, 0) is 58.4 Å². The molecule has 4 aliphatic rings. The zero-order valence-electron chi connectivity index (χ0n) is 50.6. The van der Waals surface area contributed by atoms with Crippen LogP contribution in [0.25, 0.3) is 0 Å². The summed E-state index contributed by atoms with van der Waals surface area (Å²) < 4.78 is 16.1. The SMILES string of the molecule is CCOC(=O)Cc1nc(C2(c3ccccc3)CCN(CCC(C(=O)N3CCCC3)(c3ccccc3)c3ccccc3)CC2)no1.NC(=O)Cc1nc(C2(c3ccccc3)CCN(CCC(C(=O)N3CCCC3)(c3ccccc3)c3ccccc3)CC2)no1. The summed E-state index contributed by atoms with van der Waals surface area (Å²) in [5.74, 6) is 1.26. The minimum atomic E-state index is -0.767. The number of piperidine rings is 2. The van der Waals surface area contributed by atoms with E-state index < -0.39 is 27.6 Å². The van der Waals surface area contributed by atoms with Crippen LogP contribution in [0.2, 0.25) is 0 Å². The van der Waals surface area contributed by atoms with Gasteiger partial charge in [0.05, 0.1) is 17.4 Å². The average molecular weight is 1180 g/mol. The largest absolute Gasteiger partial charge is 0.466 e. The standard InChI is InChI=1S/C37H42N4O4.C35H39N5O3/c1-2-44-33(42)28-32-38-34(39-45-32)36(29-14-6-3-7-15-29)20-25-40(26-21-36)27-22-37(30-16-8-4-9-17-30,31-18-10-5-11-19-31)35(43)41-23-12-13-24-41;36-30(41)26-31-37-32(38-43-31)34(27-12-4-1-5-13-27)18-23-39(24-19-34)25-20-35(28-14-6-2-7-15-28,29-16-8-3-9-17-29)33(42)40-21-10-11-22-40/h3-11,14-19H,2,12-13,20-28H2,1H3;1-9,12-17H,10-11,18-26H2,(H2,36,41). The summed E-state index contributed by atoms with van der Waals surface area (Å²) >= 11 is 0. The minimum Gasteiger partial charge on any atom is -0.466 e. The summed E-state index contributed by atoms with van der Waals surface area (Å²) in [6.07, 6.45) is 8.62. The number of rotatable bonds is 21. The molecule has 16 heteroatoms. The van der Waals surface area contributed by atoms with Crippen LogP contribution in [0.3, 0.4) is 0 Å². The van der Waals surface area contributed by atoms with E-state index in [9.17, 15) is 19.2 Å². The lowest BCUT2D eigenvalue weighted by Gasteiger charge is -2.42. The molecule has 0 unspecified atom stereocenters. The molecule has 3 amide bonds. The molecule has 0 aliphatic carbocycles. The molecule has 12 rings (SSSR count). The average Bonchev–Trinajstić information content (AvgIpc) is 1.63. The van der Waals surface area contributed by atoms with Crippen molar-refractivity contribution in [1.82, 2.24) is 39.9 Å². The number of primary amides is 1. The fraction of sp³-hybridized carbons (Fsp3) is 0.389. The fourth-order valence-electron chi connectivity index (χ4n) is 14.2. The van der Waals surface area contributed by atoms with Crippen molar-refractivity contribution < 1.29 is 33.0 Å². The van der Waals surface area contributed by atoms with Crippen LogP contribution in [-0.4, -0.2) is 136 Å². The number of hydrogen-bond acceptors (Lipinski definition) is 13. The molecule has 8 aromatic rings. The molecule has 4 aliphatic heterocycles. The van der Waals surface area contributed by atoms with Crippen molar-refractivity contribution >= 4 is 23.7 Å². The van der Waals surface area contributed by atoms with Gasteiger partial charge in [0.1, 0.15) is 23.7 Å². The molecule has 6 heterocycles. The van der Waals surface area contributed by atoms with Crippen molar-refractivity contribution in [1.29, 1.82) is 0 Å². The van der Waals surface area contributed by atoms with Crippen LogP contribution in [0.5, 0.6) is 0 Å². The summed E-state index contributed by atoms with van der Waals surface area (Å²) in [6, 6.07) is 61.9. The molecular formula is C72H81N9O7. The summed E-state index contributed by atoms with van der Waals surface area (Å²) in [4.78, 5) is 71.1. The highest BCUT2D eigenvalue weighted by molar-refractivity contribution is 5.93. The maximum atomic E-state index is 14.6. The molecule has 4 fully saturated rings. The van der Waals surface area contributed by atoms with E-state index in [2.05, 4.69) is 108 Å². The van der Waals surface area contributed by atoms with Gasteiger partial charge in [-0.2, -0.15) is 9.97 Å². The zero-order chi connectivity index (χ0) is 60.8. The van der Waals surface area contributed by atoms with Gasteiger partial charge in [-0.1, -0.05) is 192 Å². The molecule has 456 valence electrons. The Kier molecular flexibility index (Phi) is 19.5. The molecule has 0 bridgehead atoms. The number of aromatic nitrogens is 4. The number of nitrogens with two attached hydrogens (primary N) is 1. The number of nitrogens with zero attached hydrogens (tertiary/aromatic N) is 8. The van der Waals surface area contributed by atoms with Crippen molar-refractivity contribution in [2.45, 2.75) is 106 Å². The summed E-state index contributed by atoms with van der Waals surface area (Å²) in [5.41, 5.74) is 9.44. The topological polar surface area (TPSA) is 194 Å². The molecule has 4 saturated heterocycles. The van der Waals surface area contributed by atoms with Crippen LogP contribution < -0.4 is 5.73 Å². The van der Waals surface area contributed by atoms with Crippen LogP contribution in [0.4, 0.5) is 0 Å². The Morgan fingerprint density at radius 1 is 0.466 bits per heavy atom. The highest BCUT2D eigenvalue weighted by Gasteiger charge is 2.49. The van der Waals surface area contributed by atoms with Gasteiger partial charge in [0.2, 0.25) is 29.5 Å². The normalized spacial score (nSPS) is 17.0. The van der Waals surface area contributed by atoms with Crippen molar-refractivity contribution in [3.63, 3.8) is 0 Å². The first kappa shape index (κ1) is 61.1. The maximum Gasteiger partial charge on any atom is 0.315 e. The Bertz CT molecular complexity index is 3440. The Hall–Kier alpha value is -8.60. The second-order valence-corrected chi connectivity index (χ2v) is 24.0. The number of ether oxygens (including phenoxy) is 1. The minimum absolute atomic E-state index is 0.0378. The van der Waals surface area contributed by atoms with Gasteiger partial charge in [-0.3, -0.25) is 19.2 Å². The molecule has 0 spiro atoms. The molecule has 2 N–H and O–H groups in total. The second kappa shape index (κ2) is 28.0.